The van der Waals surface area contributed by atoms with E-state index >= 15 is 0 Å². The van der Waals surface area contributed by atoms with Crippen LogP contribution in [0.3, 0.4) is 0 Å². The van der Waals surface area contributed by atoms with Gasteiger partial charge in [-0.1, -0.05) is 49.2 Å². The molecule has 0 fully saturated rings. The smallest absolute Gasteiger partial charge is 0.270 e. The first-order chi connectivity index (χ1) is 12.0. The molecule has 0 saturated heterocycles. The fraction of sp³-hybridized carbons (Fsp3) is 0.316. The SMILES string of the molecule is CCC[C@H]1C=CCN1C(=O)c1ccc(-c2nc(C)[nH]c(=O)c2Cl)cc1. The van der Waals surface area contributed by atoms with Crippen LogP contribution in [0.5, 0.6) is 0 Å². The molecule has 3 rings (SSSR count). The van der Waals surface area contributed by atoms with Crippen LogP contribution in [0.4, 0.5) is 0 Å². The van der Waals surface area contributed by atoms with Gasteiger partial charge in [-0.25, -0.2) is 4.98 Å². The molecule has 0 bridgehead atoms. The highest BCUT2D eigenvalue weighted by Gasteiger charge is 2.25. The number of rotatable bonds is 4. The van der Waals surface area contributed by atoms with Crippen LogP contribution in [-0.4, -0.2) is 33.4 Å². The van der Waals surface area contributed by atoms with E-state index in [9.17, 15) is 9.59 Å². The number of aromatic nitrogens is 2. The molecule has 1 aliphatic heterocycles. The number of hydrogen-bond donors (Lipinski definition) is 1. The molecule has 1 aromatic heterocycles. The average molecular weight is 358 g/mol. The predicted octanol–water partition coefficient (Wildman–Crippen LogP) is 3.58. The molecular weight excluding hydrogens is 338 g/mol. The maximum absolute atomic E-state index is 12.7. The lowest BCUT2D eigenvalue weighted by Gasteiger charge is -2.24. The molecule has 2 aromatic rings. The number of benzene rings is 1. The molecule has 1 N–H and O–H groups in total. The number of halogens is 1. The van der Waals surface area contributed by atoms with Crippen molar-refractivity contribution in [2.24, 2.45) is 0 Å². The monoisotopic (exact) mass is 357 g/mol. The van der Waals surface area contributed by atoms with Gasteiger partial charge in [0.2, 0.25) is 0 Å². The van der Waals surface area contributed by atoms with E-state index in [0.29, 0.717) is 29.2 Å². The van der Waals surface area contributed by atoms with Crippen molar-refractivity contribution in [3.63, 3.8) is 0 Å². The Bertz CT molecular complexity index is 871. The Labute approximate surface area is 151 Å². The van der Waals surface area contributed by atoms with Crippen molar-refractivity contribution in [3.8, 4) is 11.3 Å². The Morgan fingerprint density at radius 2 is 2.08 bits per heavy atom. The molecule has 0 saturated carbocycles. The average Bonchev–Trinajstić information content (AvgIpc) is 3.06. The summed E-state index contributed by atoms with van der Waals surface area (Å²) in [5.41, 5.74) is 1.38. The van der Waals surface area contributed by atoms with E-state index in [-0.39, 0.29) is 22.5 Å². The Morgan fingerprint density at radius 3 is 2.76 bits per heavy atom. The second kappa shape index (κ2) is 7.23. The topological polar surface area (TPSA) is 66.1 Å². The molecule has 1 aliphatic rings. The number of H-pyrrole nitrogens is 1. The molecule has 2 heterocycles. The van der Waals surface area contributed by atoms with Crippen molar-refractivity contribution < 1.29 is 4.79 Å². The predicted molar refractivity (Wildman–Crippen MR) is 98.9 cm³/mol. The number of nitrogens with zero attached hydrogens (tertiary/aromatic N) is 2. The molecular formula is C19H20ClN3O2. The lowest BCUT2D eigenvalue weighted by molar-refractivity contribution is 0.0744. The van der Waals surface area contributed by atoms with Crippen molar-refractivity contribution in [2.75, 3.05) is 6.54 Å². The summed E-state index contributed by atoms with van der Waals surface area (Å²) < 4.78 is 0. The summed E-state index contributed by atoms with van der Waals surface area (Å²) in [6, 6.07) is 7.24. The Kier molecular flexibility index (Phi) is 5.04. The lowest BCUT2D eigenvalue weighted by Crippen LogP contribution is -2.35. The van der Waals surface area contributed by atoms with E-state index in [0.717, 1.165) is 12.8 Å². The Hall–Kier alpha value is -2.40. The Balaban J connectivity index is 1.86. The van der Waals surface area contributed by atoms with Gasteiger partial charge < -0.3 is 9.88 Å². The zero-order valence-electron chi connectivity index (χ0n) is 14.3. The summed E-state index contributed by atoms with van der Waals surface area (Å²) in [6.45, 7) is 4.46. The maximum Gasteiger partial charge on any atom is 0.270 e. The number of carbonyl (C=O) groups is 1. The molecule has 0 radical (unpaired) electrons. The van der Waals surface area contributed by atoms with Crippen LogP contribution >= 0.6 is 11.6 Å². The fourth-order valence-electron chi connectivity index (χ4n) is 3.05. The van der Waals surface area contributed by atoms with E-state index in [1.807, 2.05) is 11.0 Å². The number of amides is 1. The first kappa shape index (κ1) is 17.4. The van der Waals surface area contributed by atoms with E-state index in [1.165, 1.54) is 0 Å². The third-order valence-corrected chi connectivity index (χ3v) is 4.64. The summed E-state index contributed by atoms with van der Waals surface area (Å²) in [6.07, 6.45) is 6.13. The van der Waals surface area contributed by atoms with Crippen LogP contribution in [-0.2, 0) is 0 Å². The number of nitrogens with one attached hydrogen (secondary N) is 1. The minimum Gasteiger partial charge on any atom is -0.328 e. The van der Waals surface area contributed by atoms with Crippen LogP contribution in [0.1, 0.15) is 35.9 Å². The third-order valence-electron chi connectivity index (χ3n) is 4.29. The summed E-state index contributed by atoms with van der Waals surface area (Å²) in [4.78, 5) is 33.3. The number of hydrogen-bond acceptors (Lipinski definition) is 3. The minimum atomic E-state index is -0.366. The zero-order chi connectivity index (χ0) is 18.0. The largest absolute Gasteiger partial charge is 0.328 e. The lowest BCUT2D eigenvalue weighted by atomic mass is 10.1. The summed E-state index contributed by atoms with van der Waals surface area (Å²) in [5, 5.41) is 0.0522. The number of aryl methyl sites for hydroxylation is 1. The second-order valence-corrected chi connectivity index (χ2v) is 6.51. The molecule has 5 nitrogen and oxygen atoms in total. The molecule has 1 amide bonds. The van der Waals surface area contributed by atoms with Gasteiger partial charge in [-0.05, 0) is 25.5 Å². The van der Waals surface area contributed by atoms with Gasteiger partial charge in [-0.3, -0.25) is 9.59 Å². The fourth-order valence-corrected chi connectivity index (χ4v) is 3.25. The van der Waals surface area contributed by atoms with Crippen molar-refractivity contribution in [3.05, 3.63) is 63.2 Å². The molecule has 0 aliphatic carbocycles. The van der Waals surface area contributed by atoms with Crippen LogP contribution in [0.2, 0.25) is 5.02 Å². The van der Waals surface area contributed by atoms with Gasteiger partial charge in [-0.15, -0.1) is 0 Å². The summed E-state index contributed by atoms with van der Waals surface area (Å²) >= 11 is 6.07. The normalized spacial score (nSPS) is 16.4. The van der Waals surface area contributed by atoms with Crippen LogP contribution in [0, 0.1) is 6.92 Å². The van der Waals surface area contributed by atoms with Crippen molar-refractivity contribution >= 4 is 17.5 Å². The van der Waals surface area contributed by atoms with Crippen molar-refractivity contribution in [1.82, 2.24) is 14.9 Å². The van der Waals surface area contributed by atoms with Gasteiger partial charge in [-0.2, -0.15) is 0 Å². The highest BCUT2D eigenvalue weighted by atomic mass is 35.5. The molecule has 0 spiro atoms. The first-order valence-electron chi connectivity index (χ1n) is 8.35. The van der Waals surface area contributed by atoms with E-state index in [4.69, 9.17) is 11.6 Å². The van der Waals surface area contributed by atoms with Gasteiger partial charge in [0.05, 0.1) is 11.7 Å². The van der Waals surface area contributed by atoms with E-state index < -0.39 is 0 Å². The molecule has 1 aromatic carbocycles. The van der Waals surface area contributed by atoms with Gasteiger partial charge >= 0.3 is 0 Å². The van der Waals surface area contributed by atoms with Gasteiger partial charge in [0.25, 0.3) is 11.5 Å². The van der Waals surface area contributed by atoms with Gasteiger partial charge in [0.1, 0.15) is 10.8 Å². The van der Waals surface area contributed by atoms with E-state index in [2.05, 4.69) is 23.0 Å². The van der Waals surface area contributed by atoms with Crippen molar-refractivity contribution in [2.45, 2.75) is 32.7 Å². The Morgan fingerprint density at radius 1 is 1.36 bits per heavy atom. The summed E-state index contributed by atoms with van der Waals surface area (Å²) in [5.74, 6) is 0.506. The highest BCUT2D eigenvalue weighted by molar-refractivity contribution is 6.32. The second-order valence-electron chi connectivity index (χ2n) is 6.13. The minimum absolute atomic E-state index is 0.0103. The van der Waals surface area contributed by atoms with Crippen LogP contribution in [0.15, 0.2) is 41.2 Å². The third kappa shape index (κ3) is 3.51. The standard InChI is InChI=1S/C19H20ClN3O2/c1-3-5-15-6-4-11-23(15)19(25)14-9-7-13(8-10-14)17-16(20)18(24)22-12(2)21-17/h4,6-10,15H,3,5,11H2,1-2H3,(H,21,22,24)/t15-/m0/s1. The maximum atomic E-state index is 12.7. The van der Waals surface area contributed by atoms with E-state index in [1.54, 1.807) is 31.2 Å². The van der Waals surface area contributed by atoms with Crippen LogP contribution in [0.25, 0.3) is 11.3 Å². The molecule has 1 atom stereocenters. The first-order valence-corrected chi connectivity index (χ1v) is 8.73. The molecule has 130 valence electrons. The highest BCUT2D eigenvalue weighted by Crippen LogP contribution is 2.24. The molecule has 0 unspecified atom stereocenters. The zero-order valence-corrected chi connectivity index (χ0v) is 15.0. The van der Waals surface area contributed by atoms with Crippen molar-refractivity contribution in [1.29, 1.82) is 0 Å². The summed E-state index contributed by atoms with van der Waals surface area (Å²) in [7, 11) is 0. The quantitative estimate of drug-likeness (QED) is 0.850. The molecule has 25 heavy (non-hydrogen) atoms. The van der Waals surface area contributed by atoms with Gasteiger partial charge in [0, 0.05) is 17.7 Å². The number of aromatic amines is 1. The van der Waals surface area contributed by atoms with Crippen LogP contribution < -0.4 is 5.56 Å². The molecule has 6 heteroatoms. The van der Waals surface area contributed by atoms with Gasteiger partial charge in [0.15, 0.2) is 0 Å². The number of carbonyl (C=O) groups excluding carboxylic acids is 1.